The number of benzene rings is 2. The zero-order chi connectivity index (χ0) is 21.3. The summed E-state index contributed by atoms with van der Waals surface area (Å²) in [5.41, 5.74) is 1.87. The molecule has 0 unspecified atom stereocenters. The molecule has 0 aliphatic rings. The molecule has 8 heteroatoms. The van der Waals surface area contributed by atoms with Crippen LogP contribution in [0.25, 0.3) is 0 Å². The summed E-state index contributed by atoms with van der Waals surface area (Å²) < 4.78 is 5.10. The highest BCUT2D eigenvalue weighted by Crippen LogP contribution is 2.18. The molecule has 0 aliphatic carbocycles. The zero-order valence-corrected chi connectivity index (χ0v) is 17.2. The molecule has 154 valence electrons. The lowest BCUT2D eigenvalue weighted by molar-refractivity contribution is -0.115. The second-order valence-electron chi connectivity index (χ2n) is 6.42. The number of esters is 1. The molecule has 7 nitrogen and oxygen atoms in total. The fourth-order valence-electron chi connectivity index (χ4n) is 2.58. The summed E-state index contributed by atoms with van der Waals surface area (Å²) in [6.45, 7) is 2.25. The molecule has 0 saturated heterocycles. The van der Waals surface area contributed by atoms with Gasteiger partial charge in [0.1, 0.15) is 5.69 Å². The van der Waals surface area contributed by atoms with Gasteiger partial charge in [0.05, 0.1) is 18.6 Å². The highest BCUT2D eigenvalue weighted by molar-refractivity contribution is 7.14. The van der Waals surface area contributed by atoms with E-state index in [1.54, 1.807) is 29.6 Å². The van der Waals surface area contributed by atoms with Crippen molar-refractivity contribution in [2.45, 2.75) is 19.8 Å². The smallest absolute Gasteiger partial charge is 0.338 e. The third kappa shape index (κ3) is 5.99. The van der Waals surface area contributed by atoms with E-state index in [9.17, 15) is 14.4 Å². The average molecular weight is 423 g/mol. The number of aromatic nitrogens is 1. The van der Waals surface area contributed by atoms with Crippen molar-refractivity contribution < 1.29 is 19.1 Å². The number of nitrogens with one attached hydrogen (secondary N) is 2. The van der Waals surface area contributed by atoms with Gasteiger partial charge in [-0.05, 0) is 30.2 Å². The van der Waals surface area contributed by atoms with Crippen LogP contribution >= 0.6 is 11.3 Å². The van der Waals surface area contributed by atoms with Crippen LogP contribution in [0.1, 0.15) is 39.8 Å². The Morgan fingerprint density at radius 2 is 1.83 bits per heavy atom. The van der Waals surface area contributed by atoms with Crippen LogP contribution in [0.2, 0.25) is 0 Å². The number of carbonyl (C=O) groups excluding carboxylic acids is 3. The molecule has 0 atom stereocenters. The van der Waals surface area contributed by atoms with E-state index in [2.05, 4.69) is 15.6 Å². The first-order valence-electron chi connectivity index (χ1n) is 9.43. The van der Waals surface area contributed by atoms with Crippen molar-refractivity contribution in [3.63, 3.8) is 0 Å². The number of rotatable bonds is 8. The second kappa shape index (κ2) is 10.3. The Labute approximate surface area is 178 Å². The van der Waals surface area contributed by atoms with Gasteiger partial charge in [0, 0.05) is 11.1 Å². The third-order valence-corrected chi connectivity index (χ3v) is 4.74. The average Bonchev–Trinajstić information content (AvgIpc) is 3.21. The Morgan fingerprint density at radius 3 is 2.60 bits per heavy atom. The summed E-state index contributed by atoms with van der Waals surface area (Å²) in [5.74, 6) is -1.08. The number of carbonyl (C=O) groups is 3. The number of thiazole rings is 1. The summed E-state index contributed by atoms with van der Waals surface area (Å²) in [4.78, 5) is 40.7. The van der Waals surface area contributed by atoms with E-state index in [1.807, 2.05) is 37.3 Å². The molecule has 0 saturated carbocycles. The maximum absolute atomic E-state index is 12.5. The van der Waals surface area contributed by atoms with Gasteiger partial charge >= 0.3 is 5.97 Å². The van der Waals surface area contributed by atoms with E-state index in [1.165, 1.54) is 11.3 Å². The number of nitrogens with zero attached hydrogens (tertiary/aromatic N) is 1. The number of anilines is 2. The van der Waals surface area contributed by atoms with Crippen molar-refractivity contribution in [1.82, 2.24) is 4.98 Å². The predicted octanol–water partition coefficient (Wildman–Crippen LogP) is 4.14. The van der Waals surface area contributed by atoms with Gasteiger partial charge in [-0.1, -0.05) is 43.3 Å². The molecule has 1 heterocycles. The van der Waals surface area contributed by atoms with Crippen LogP contribution in [-0.2, 0) is 16.0 Å². The molecule has 2 amide bonds. The number of hydrogen-bond donors (Lipinski definition) is 2. The molecular formula is C22H21N3O4S. The number of ether oxygens (including phenoxy) is 1. The minimum Gasteiger partial charge on any atom is -0.462 e. The van der Waals surface area contributed by atoms with E-state index in [0.29, 0.717) is 23.0 Å². The zero-order valence-electron chi connectivity index (χ0n) is 16.4. The molecule has 0 fully saturated rings. The quantitative estimate of drug-likeness (QED) is 0.531. The van der Waals surface area contributed by atoms with E-state index < -0.39 is 11.9 Å². The summed E-state index contributed by atoms with van der Waals surface area (Å²) >= 11 is 1.17. The SMILES string of the molecule is CCCOC(=O)c1cccc(NC(=O)c2csc(NC(=O)Cc3ccccc3)n2)c1. The molecule has 0 aliphatic heterocycles. The minimum absolute atomic E-state index is 0.175. The number of amides is 2. The Morgan fingerprint density at radius 1 is 1.03 bits per heavy atom. The van der Waals surface area contributed by atoms with Crippen LogP contribution in [-0.4, -0.2) is 29.4 Å². The summed E-state index contributed by atoms with van der Waals surface area (Å²) in [6.07, 6.45) is 0.957. The molecule has 2 N–H and O–H groups in total. The summed E-state index contributed by atoms with van der Waals surface area (Å²) in [5, 5.41) is 7.31. The van der Waals surface area contributed by atoms with Gasteiger partial charge in [0.2, 0.25) is 5.91 Å². The summed E-state index contributed by atoms with van der Waals surface area (Å²) in [6, 6.07) is 15.9. The Bertz CT molecular complexity index is 1030. The second-order valence-corrected chi connectivity index (χ2v) is 7.28. The summed E-state index contributed by atoms with van der Waals surface area (Å²) in [7, 11) is 0. The molecule has 0 radical (unpaired) electrons. The van der Waals surface area contributed by atoms with Gasteiger partial charge in [-0.15, -0.1) is 11.3 Å². The lowest BCUT2D eigenvalue weighted by atomic mass is 10.1. The first-order chi connectivity index (χ1) is 14.5. The first-order valence-corrected chi connectivity index (χ1v) is 10.3. The first kappa shape index (κ1) is 21.2. The van der Waals surface area contributed by atoms with Gasteiger partial charge in [-0.2, -0.15) is 0 Å². The molecule has 30 heavy (non-hydrogen) atoms. The lowest BCUT2D eigenvalue weighted by Gasteiger charge is -2.06. The van der Waals surface area contributed by atoms with Crippen molar-refractivity contribution in [3.05, 3.63) is 76.8 Å². The molecule has 3 aromatic rings. The monoisotopic (exact) mass is 423 g/mol. The fraction of sp³-hybridized carbons (Fsp3) is 0.182. The van der Waals surface area contributed by atoms with Gasteiger partial charge in [-0.25, -0.2) is 9.78 Å². The van der Waals surface area contributed by atoms with E-state index in [0.717, 1.165) is 12.0 Å². The van der Waals surface area contributed by atoms with Crippen molar-refractivity contribution >= 4 is 39.9 Å². The molecule has 3 rings (SSSR count). The highest BCUT2D eigenvalue weighted by atomic mass is 32.1. The standard InChI is InChI=1S/C22H21N3O4S/c1-2-11-29-21(28)16-9-6-10-17(13-16)23-20(27)18-14-30-22(24-18)25-19(26)12-15-7-4-3-5-8-15/h3-10,13-14H,2,11-12H2,1H3,(H,23,27)(H,24,25,26). The van der Waals surface area contributed by atoms with Gasteiger partial charge in [0.15, 0.2) is 5.13 Å². The molecule has 1 aromatic heterocycles. The lowest BCUT2D eigenvalue weighted by Crippen LogP contribution is -2.16. The van der Waals surface area contributed by atoms with Gasteiger partial charge in [0.25, 0.3) is 5.91 Å². The Balaban J connectivity index is 1.58. The minimum atomic E-state index is -0.440. The van der Waals surface area contributed by atoms with Crippen molar-refractivity contribution in [3.8, 4) is 0 Å². The van der Waals surface area contributed by atoms with E-state index in [4.69, 9.17) is 4.74 Å². The van der Waals surface area contributed by atoms with Crippen LogP contribution in [0, 0.1) is 0 Å². The largest absolute Gasteiger partial charge is 0.462 e. The van der Waals surface area contributed by atoms with Crippen LogP contribution in [0.3, 0.4) is 0 Å². The molecule has 2 aromatic carbocycles. The molecule has 0 spiro atoms. The topological polar surface area (TPSA) is 97.4 Å². The fourth-order valence-corrected chi connectivity index (χ4v) is 3.28. The van der Waals surface area contributed by atoms with Gasteiger partial charge < -0.3 is 15.4 Å². The normalized spacial score (nSPS) is 10.3. The maximum atomic E-state index is 12.5. The van der Waals surface area contributed by atoms with Crippen molar-refractivity contribution in [1.29, 1.82) is 0 Å². The molecular weight excluding hydrogens is 402 g/mol. The number of hydrogen-bond acceptors (Lipinski definition) is 6. The van der Waals surface area contributed by atoms with Crippen molar-refractivity contribution in [2.75, 3.05) is 17.2 Å². The Hall–Kier alpha value is -3.52. The predicted molar refractivity (Wildman–Crippen MR) is 116 cm³/mol. The molecule has 0 bridgehead atoms. The van der Waals surface area contributed by atoms with Crippen LogP contribution < -0.4 is 10.6 Å². The third-order valence-electron chi connectivity index (χ3n) is 3.98. The van der Waals surface area contributed by atoms with Crippen LogP contribution in [0.4, 0.5) is 10.8 Å². The maximum Gasteiger partial charge on any atom is 0.338 e. The Kier molecular flexibility index (Phi) is 7.29. The highest BCUT2D eigenvalue weighted by Gasteiger charge is 2.14. The van der Waals surface area contributed by atoms with E-state index in [-0.39, 0.29) is 18.0 Å². The van der Waals surface area contributed by atoms with Crippen LogP contribution in [0.5, 0.6) is 0 Å². The van der Waals surface area contributed by atoms with Gasteiger partial charge in [-0.3, -0.25) is 9.59 Å². The van der Waals surface area contributed by atoms with Crippen LogP contribution in [0.15, 0.2) is 60.0 Å². The van der Waals surface area contributed by atoms with Crippen molar-refractivity contribution in [2.24, 2.45) is 0 Å². The van der Waals surface area contributed by atoms with E-state index >= 15 is 0 Å².